The van der Waals surface area contributed by atoms with E-state index in [0.717, 1.165) is 22.3 Å². The van der Waals surface area contributed by atoms with E-state index in [1.807, 2.05) is 42.5 Å². The summed E-state index contributed by atoms with van der Waals surface area (Å²) in [4.78, 5) is 13.4. The third-order valence-corrected chi connectivity index (χ3v) is 3.99. The highest BCUT2D eigenvalue weighted by Crippen LogP contribution is 2.11. The fraction of sp³-hybridized carbons (Fsp3) is 0.235. The van der Waals surface area contributed by atoms with Gasteiger partial charge in [0.25, 0.3) is 5.91 Å². The molecule has 110 valence electrons. The minimum Gasteiger partial charge on any atom is -0.324 e. The summed E-state index contributed by atoms with van der Waals surface area (Å²) in [7, 11) is 0. The fourth-order valence-electron chi connectivity index (χ4n) is 2.20. The molecule has 0 bridgehead atoms. The fourth-order valence-corrected chi connectivity index (χ4v) is 2.74. The summed E-state index contributed by atoms with van der Waals surface area (Å²) in [6, 6.07) is 18.1. The van der Waals surface area contributed by atoms with Crippen LogP contribution < -0.4 is 10.2 Å². The van der Waals surface area contributed by atoms with E-state index < -0.39 is 0 Å². The Bertz CT molecular complexity index is 586. The lowest BCUT2D eigenvalue weighted by molar-refractivity contribution is -0.903. The first kappa shape index (κ1) is 16.0. The molecule has 0 saturated carbocycles. The monoisotopic (exact) mass is 395 g/mol. The van der Waals surface area contributed by atoms with Gasteiger partial charge in [-0.1, -0.05) is 36.4 Å². The Balaban J connectivity index is 1.90. The molecule has 0 saturated heterocycles. The first-order valence-corrected chi connectivity index (χ1v) is 8.18. The van der Waals surface area contributed by atoms with Crippen LogP contribution in [0, 0.1) is 3.57 Å². The van der Waals surface area contributed by atoms with Gasteiger partial charge in [0.2, 0.25) is 0 Å². The Morgan fingerprint density at radius 2 is 1.90 bits per heavy atom. The van der Waals surface area contributed by atoms with E-state index in [2.05, 4.69) is 47.0 Å². The third kappa shape index (κ3) is 5.47. The van der Waals surface area contributed by atoms with Crippen molar-refractivity contribution in [3.8, 4) is 0 Å². The van der Waals surface area contributed by atoms with E-state index in [1.165, 1.54) is 10.5 Å². The number of carbonyl (C=O) groups excluding carboxylic acids is 1. The minimum absolute atomic E-state index is 0.0600. The van der Waals surface area contributed by atoms with Gasteiger partial charge in [-0.15, -0.1) is 0 Å². The zero-order valence-corrected chi connectivity index (χ0v) is 14.3. The van der Waals surface area contributed by atoms with Crippen molar-refractivity contribution in [3.05, 3.63) is 63.7 Å². The topological polar surface area (TPSA) is 33.5 Å². The predicted octanol–water partition coefficient (Wildman–Crippen LogP) is 2.33. The maximum Gasteiger partial charge on any atom is 0.279 e. The number of hydrogen-bond acceptors (Lipinski definition) is 1. The summed E-state index contributed by atoms with van der Waals surface area (Å²) in [6.45, 7) is 4.39. The Kier molecular flexibility index (Phi) is 6.20. The summed E-state index contributed by atoms with van der Waals surface area (Å²) < 4.78 is 1.12. The van der Waals surface area contributed by atoms with Crippen LogP contribution in [0.2, 0.25) is 0 Å². The van der Waals surface area contributed by atoms with Crippen molar-refractivity contribution < 1.29 is 9.69 Å². The van der Waals surface area contributed by atoms with Crippen molar-refractivity contribution in [2.75, 3.05) is 18.4 Å². The second kappa shape index (κ2) is 8.14. The van der Waals surface area contributed by atoms with Crippen LogP contribution in [0.5, 0.6) is 0 Å². The van der Waals surface area contributed by atoms with E-state index in [4.69, 9.17) is 0 Å². The number of benzene rings is 2. The Morgan fingerprint density at radius 3 is 2.57 bits per heavy atom. The van der Waals surface area contributed by atoms with Gasteiger partial charge in [0.1, 0.15) is 6.54 Å². The normalized spacial score (nSPS) is 11.9. The molecule has 0 heterocycles. The maximum atomic E-state index is 12.1. The minimum atomic E-state index is 0.0600. The third-order valence-electron chi connectivity index (χ3n) is 3.32. The van der Waals surface area contributed by atoms with Crippen molar-refractivity contribution in [2.24, 2.45) is 0 Å². The van der Waals surface area contributed by atoms with Crippen LogP contribution in [0.25, 0.3) is 0 Å². The summed E-state index contributed by atoms with van der Waals surface area (Å²) in [5, 5.41) is 2.97. The van der Waals surface area contributed by atoms with Crippen LogP contribution in [-0.2, 0) is 11.3 Å². The molecule has 2 N–H and O–H groups in total. The number of hydrogen-bond donors (Lipinski definition) is 2. The van der Waals surface area contributed by atoms with E-state index in [0.29, 0.717) is 6.54 Å². The van der Waals surface area contributed by atoms with Crippen molar-refractivity contribution in [2.45, 2.75) is 13.5 Å². The molecule has 1 unspecified atom stereocenters. The lowest BCUT2D eigenvalue weighted by atomic mass is 10.2. The van der Waals surface area contributed by atoms with Gasteiger partial charge in [-0.25, -0.2) is 0 Å². The molecular weight excluding hydrogens is 375 g/mol. The molecule has 0 aromatic heterocycles. The van der Waals surface area contributed by atoms with Gasteiger partial charge < -0.3 is 10.2 Å². The molecule has 2 aromatic carbocycles. The quantitative estimate of drug-likeness (QED) is 0.724. The van der Waals surface area contributed by atoms with Gasteiger partial charge in [0.05, 0.1) is 6.54 Å². The first-order chi connectivity index (χ1) is 10.2. The van der Waals surface area contributed by atoms with Gasteiger partial charge in [0, 0.05) is 14.8 Å². The van der Waals surface area contributed by atoms with Gasteiger partial charge >= 0.3 is 0 Å². The largest absolute Gasteiger partial charge is 0.324 e. The summed E-state index contributed by atoms with van der Waals surface area (Å²) in [5.41, 5.74) is 2.12. The second-order valence-electron chi connectivity index (χ2n) is 5.00. The molecule has 0 radical (unpaired) electrons. The Morgan fingerprint density at radius 1 is 1.14 bits per heavy atom. The summed E-state index contributed by atoms with van der Waals surface area (Å²) in [6.07, 6.45) is 0. The molecule has 0 aliphatic rings. The van der Waals surface area contributed by atoms with E-state index in [-0.39, 0.29) is 5.91 Å². The van der Waals surface area contributed by atoms with Gasteiger partial charge in [-0.3, -0.25) is 4.79 Å². The average Bonchev–Trinajstić information content (AvgIpc) is 2.47. The second-order valence-corrected chi connectivity index (χ2v) is 6.25. The molecule has 0 aliphatic carbocycles. The van der Waals surface area contributed by atoms with Crippen LogP contribution in [0.3, 0.4) is 0 Å². The standard InChI is InChI=1S/C17H19IN2O/c1-2-20(12-14-7-4-3-5-8-14)13-17(21)19-16-10-6-9-15(18)11-16/h3-11H,2,12-13H2,1H3,(H,19,21)/p+1. The van der Waals surface area contributed by atoms with Crippen molar-refractivity contribution >= 4 is 34.2 Å². The maximum absolute atomic E-state index is 12.1. The number of amides is 1. The number of halogens is 1. The molecule has 3 nitrogen and oxygen atoms in total. The first-order valence-electron chi connectivity index (χ1n) is 7.10. The Labute approximate surface area is 139 Å². The lowest BCUT2D eigenvalue weighted by Crippen LogP contribution is -3.11. The zero-order valence-electron chi connectivity index (χ0n) is 12.1. The highest BCUT2D eigenvalue weighted by molar-refractivity contribution is 14.1. The Hall–Kier alpha value is -1.40. The van der Waals surface area contributed by atoms with Crippen LogP contribution in [-0.4, -0.2) is 19.0 Å². The molecular formula is C17H20IN2O+. The van der Waals surface area contributed by atoms with Crippen LogP contribution >= 0.6 is 22.6 Å². The highest BCUT2D eigenvalue weighted by Gasteiger charge is 2.13. The molecule has 2 rings (SSSR count). The average molecular weight is 395 g/mol. The van der Waals surface area contributed by atoms with E-state index in [9.17, 15) is 4.79 Å². The van der Waals surface area contributed by atoms with Crippen molar-refractivity contribution in [3.63, 3.8) is 0 Å². The smallest absolute Gasteiger partial charge is 0.279 e. The molecule has 0 fully saturated rings. The summed E-state index contributed by atoms with van der Waals surface area (Å²) >= 11 is 2.24. The molecule has 4 heteroatoms. The number of anilines is 1. The highest BCUT2D eigenvalue weighted by atomic mass is 127. The van der Waals surface area contributed by atoms with Gasteiger partial charge in [-0.05, 0) is 47.7 Å². The molecule has 1 amide bonds. The van der Waals surface area contributed by atoms with Crippen LogP contribution in [0.4, 0.5) is 5.69 Å². The van der Waals surface area contributed by atoms with E-state index in [1.54, 1.807) is 0 Å². The van der Waals surface area contributed by atoms with Gasteiger partial charge in [0.15, 0.2) is 6.54 Å². The molecule has 0 spiro atoms. The molecule has 2 aromatic rings. The van der Waals surface area contributed by atoms with Crippen LogP contribution in [0.1, 0.15) is 12.5 Å². The molecule has 0 aliphatic heterocycles. The van der Waals surface area contributed by atoms with Crippen molar-refractivity contribution in [1.82, 2.24) is 0 Å². The molecule has 1 atom stereocenters. The zero-order chi connectivity index (χ0) is 15.1. The number of nitrogens with one attached hydrogen (secondary N) is 2. The number of carbonyl (C=O) groups is 1. The number of likely N-dealkylation sites (N-methyl/N-ethyl adjacent to an activating group) is 1. The SMILES string of the molecule is CC[NH+](CC(=O)Nc1cccc(I)c1)Cc1ccccc1. The number of rotatable bonds is 6. The molecule has 21 heavy (non-hydrogen) atoms. The van der Waals surface area contributed by atoms with Gasteiger partial charge in [-0.2, -0.15) is 0 Å². The lowest BCUT2D eigenvalue weighted by Gasteiger charge is -2.17. The van der Waals surface area contributed by atoms with Crippen LogP contribution in [0.15, 0.2) is 54.6 Å². The van der Waals surface area contributed by atoms with E-state index >= 15 is 0 Å². The summed E-state index contributed by atoms with van der Waals surface area (Å²) in [5.74, 6) is 0.0600. The number of quaternary nitrogens is 1. The predicted molar refractivity (Wildman–Crippen MR) is 94.3 cm³/mol. The van der Waals surface area contributed by atoms with Crippen molar-refractivity contribution in [1.29, 1.82) is 0 Å².